The molecule has 154 valence electrons. The molecule has 0 aromatic heterocycles. The highest BCUT2D eigenvalue weighted by atomic mass is 35.5. The van der Waals surface area contributed by atoms with Crippen LogP contribution in [0.15, 0.2) is 65.8 Å². The first-order valence-electron chi connectivity index (χ1n) is 8.83. The molecule has 8 heteroatoms. The smallest absolute Gasteiger partial charge is 0.271 e. The number of hydrogen-bond donors (Lipinski definition) is 2. The summed E-state index contributed by atoms with van der Waals surface area (Å²) in [7, 11) is 1.45. The maximum Gasteiger partial charge on any atom is 0.271 e. The first-order chi connectivity index (χ1) is 14.5. The van der Waals surface area contributed by atoms with E-state index in [-0.39, 0.29) is 18.3 Å². The minimum Gasteiger partial charge on any atom is -0.504 e. The standard InChI is InChI=1S/C22H18Cl2N2O4/c1-29-21-10-14(2-9-20(21)27)12-25-26-22(28)15-4-7-18(8-5-15)30-13-16-3-6-17(23)11-19(16)24/h2-12,27H,13H2,1H3,(H,26,28)/b25-12-. The SMILES string of the molecule is COc1cc(/C=N\NC(=O)c2ccc(OCc3ccc(Cl)cc3Cl)cc2)ccc1O. The number of benzene rings is 3. The van der Waals surface area contributed by atoms with Crippen LogP contribution in [0.5, 0.6) is 17.2 Å². The summed E-state index contributed by atoms with van der Waals surface area (Å²) in [5.74, 6) is 0.571. The molecule has 3 rings (SSSR count). The van der Waals surface area contributed by atoms with Gasteiger partial charge < -0.3 is 14.6 Å². The van der Waals surface area contributed by atoms with Gasteiger partial charge in [-0.05, 0) is 60.2 Å². The number of nitrogens with one attached hydrogen (secondary N) is 1. The molecular weight excluding hydrogens is 427 g/mol. The van der Waals surface area contributed by atoms with Crippen molar-refractivity contribution in [1.82, 2.24) is 5.43 Å². The van der Waals surface area contributed by atoms with Gasteiger partial charge in [0.15, 0.2) is 11.5 Å². The number of nitrogens with zero attached hydrogens (tertiary/aromatic N) is 1. The monoisotopic (exact) mass is 444 g/mol. The summed E-state index contributed by atoms with van der Waals surface area (Å²) in [5.41, 5.74) is 4.34. The summed E-state index contributed by atoms with van der Waals surface area (Å²) >= 11 is 12.0. The van der Waals surface area contributed by atoms with E-state index in [2.05, 4.69) is 10.5 Å². The Morgan fingerprint density at radius 3 is 2.57 bits per heavy atom. The zero-order valence-corrected chi connectivity index (χ0v) is 17.4. The zero-order valence-electron chi connectivity index (χ0n) is 15.9. The van der Waals surface area contributed by atoms with Crippen molar-refractivity contribution in [3.8, 4) is 17.2 Å². The topological polar surface area (TPSA) is 80.2 Å². The van der Waals surface area contributed by atoms with Gasteiger partial charge in [0, 0.05) is 21.2 Å². The molecule has 6 nitrogen and oxygen atoms in total. The molecule has 3 aromatic carbocycles. The number of hydrogen-bond acceptors (Lipinski definition) is 5. The van der Waals surface area contributed by atoms with Crippen LogP contribution in [0.1, 0.15) is 21.5 Å². The van der Waals surface area contributed by atoms with Crippen molar-refractivity contribution < 1.29 is 19.4 Å². The molecular formula is C22H18Cl2N2O4. The number of hydrazone groups is 1. The molecule has 0 spiro atoms. The first kappa shape index (κ1) is 21.5. The molecule has 30 heavy (non-hydrogen) atoms. The molecule has 1 amide bonds. The van der Waals surface area contributed by atoms with E-state index in [4.69, 9.17) is 32.7 Å². The Kier molecular flexibility index (Phi) is 7.17. The predicted molar refractivity (Wildman–Crippen MR) is 117 cm³/mol. The van der Waals surface area contributed by atoms with Crippen molar-refractivity contribution >= 4 is 35.3 Å². The second-order valence-corrected chi connectivity index (χ2v) is 7.02. The summed E-state index contributed by atoms with van der Waals surface area (Å²) < 4.78 is 10.7. The van der Waals surface area contributed by atoms with Crippen LogP contribution in [0, 0.1) is 0 Å². The lowest BCUT2D eigenvalue weighted by atomic mass is 10.2. The van der Waals surface area contributed by atoms with E-state index < -0.39 is 0 Å². The highest BCUT2D eigenvalue weighted by molar-refractivity contribution is 6.35. The van der Waals surface area contributed by atoms with E-state index in [1.807, 2.05) is 0 Å². The minimum atomic E-state index is -0.371. The fraction of sp³-hybridized carbons (Fsp3) is 0.0909. The van der Waals surface area contributed by atoms with Crippen LogP contribution in [-0.2, 0) is 6.61 Å². The van der Waals surface area contributed by atoms with Gasteiger partial charge >= 0.3 is 0 Å². The van der Waals surface area contributed by atoms with E-state index in [0.717, 1.165) is 5.56 Å². The molecule has 0 fully saturated rings. The maximum absolute atomic E-state index is 12.2. The van der Waals surface area contributed by atoms with E-state index in [1.54, 1.807) is 54.6 Å². The Bertz CT molecular complexity index is 1070. The summed E-state index contributed by atoms with van der Waals surface area (Å²) in [6.07, 6.45) is 1.45. The second-order valence-electron chi connectivity index (χ2n) is 6.18. The van der Waals surface area contributed by atoms with Crippen molar-refractivity contribution in [2.24, 2.45) is 5.10 Å². The lowest BCUT2D eigenvalue weighted by Crippen LogP contribution is -2.17. The van der Waals surface area contributed by atoms with Gasteiger partial charge in [-0.15, -0.1) is 0 Å². The number of rotatable bonds is 7. The maximum atomic E-state index is 12.2. The lowest BCUT2D eigenvalue weighted by Gasteiger charge is -2.08. The van der Waals surface area contributed by atoms with Gasteiger partial charge in [0.25, 0.3) is 5.91 Å². The van der Waals surface area contributed by atoms with Gasteiger partial charge in [-0.1, -0.05) is 29.3 Å². The molecule has 0 saturated carbocycles. The Morgan fingerprint density at radius 1 is 1.10 bits per heavy atom. The average molecular weight is 445 g/mol. The molecule has 0 atom stereocenters. The number of phenolic OH excluding ortho intramolecular Hbond substituents is 1. The molecule has 2 N–H and O–H groups in total. The Labute approximate surface area is 183 Å². The zero-order chi connectivity index (χ0) is 21.5. The Hall–Kier alpha value is -3.22. The second kappa shape index (κ2) is 10.0. The molecule has 0 aliphatic rings. The van der Waals surface area contributed by atoms with Crippen molar-refractivity contribution in [3.05, 3.63) is 87.4 Å². The number of phenols is 1. The fourth-order valence-electron chi connectivity index (χ4n) is 2.51. The third kappa shape index (κ3) is 5.65. The number of amides is 1. The molecule has 0 aliphatic heterocycles. The molecule has 0 radical (unpaired) electrons. The summed E-state index contributed by atoms with van der Waals surface area (Å²) in [6.45, 7) is 0.280. The third-order valence-electron chi connectivity index (χ3n) is 4.11. The van der Waals surface area contributed by atoms with Crippen LogP contribution in [0.4, 0.5) is 0 Å². The quantitative estimate of drug-likeness (QED) is 0.394. The van der Waals surface area contributed by atoms with Gasteiger partial charge in [0.2, 0.25) is 0 Å². The minimum absolute atomic E-state index is 0.0272. The molecule has 0 unspecified atom stereocenters. The normalized spacial score (nSPS) is 10.8. The number of halogens is 2. The molecule has 3 aromatic rings. The summed E-state index contributed by atoms with van der Waals surface area (Å²) in [6, 6.07) is 16.6. The lowest BCUT2D eigenvalue weighted by molar-refractivity contribution is 0.0955. The van der Waals surface area contributed by atoms with E-state index in [1.165, 1.54) is 19.4 Å². The number of ether oxygens (including phenoxy) is 2. The molecule has 0 saturated heterocycles. The van der Waals surface area contributed by atoms with Crippen molar-refractivity contribution in [1.29, 1.82) is 0 Å². The van der Waals surface area contributed by atoms with E-state index >= 15 is 0 Å². The number of methoxy groups -OCH3 is 1. The number of aromatic hydroxyl groups is 1. The molecule has 0 heterocycles. The van der Waals surface area contributed by atoms with Crippen LogP contribution in [0.25, 0.3) is 0 Å². The van der Waals surface area contributed by atoms with Crippen LogP contribution < -0.4 is 14.9 Å². The average Bonchev–Trinajstić information content (AvgIpc) is 2.74. The van der Waals surface area contributed by atoms with Gasteiger partial charge in [-0.2, -0.15) is 5.10 Å². The Balaban J connectivity index is 1.55. The largest absolute Gasteiger partial charge is 0.504 e. The Morgan fingerprint density at radius 2 is 1.87 bits per heavy atom. The van der Waals surface area contributed by atoms with Crippen LogP contribution in [-0.4, -0.2) is 24.3 Å². The fourth-order valence-corrected chi connectivity index (χ4v) is 2.97. The van der Waals surface area contributed by atoms with Gasteiger partial charge in [-0.25, -0.2) is 5.43 Å². The number of carbonyl (C=O) groups excluding carboxylic acids is 1. The van der Waals surface area contributed by atoms with Gasteiger partial charge in [0.1, 0.15) is 12.4 Å². The van der Waals surface area contributed by atoms with Gasteiger partial charge in [0.05, 0.1) is 13.3 Å². The third-order valence-corrected chi connectivity index (χ3v) is 4.70. The number of carbonyl (C=O) groups is 1. The van der Waals surface area contributed by atoms with Crippen LogP contribution in [0.2, 0.25) is 10.0 Å². The van der Waals surface area contributed by atoms with Crippen LogP contribution in [0.3, 0.4) is 0 Å². The van der Waals surface area contributed by atoms with Crippen molar-refractivity contribution in [2.75, 3.05) is 7.11 Å². The van der Waals surface area contributed by atoms with E-state index in [0.29, 0.717) is 32.7 Å². The molecule has 0 aliphatic carbocycles. The highest BCUT2D eigenvalue weighted by Gasteiger charge is 2.06. The molecule has 0 bridgehead atoms. The van der Waals surface area contributed by atoms with Crippen LogP contribution >= 0.6 is 23.2 Å². The predicted octanol–water partition coefficient (Wildman–Crippen LogP) is 5.05. The van der Waals surface area contributed by atoms with E-state index in [9.17, 15) is 9.90 Å². The first-order valence-corrected chi connectivity index (χ1v) is 9.59. The highest BCUT2D eigenvalue weighted by Crippen LogP contribution is 2.25. The summed E-state index contributed by atoms with van der Waals surface area (Å²) in [4.78, 5) is 12.2. The van der Waals surface area contributed by atoms with Gasteiger partial charge in [-0.3, -0.25) is 4.79 Å². The van der Waals surface area contributed by atoms with Crippen molar-refractivity contribution in [2.45, 2.75) is 6.61 Å². The summed E-state index contributed by atoms with van der Waals surface area (Å²) in [5, 5.41) is 14.6. The van der Waals surface area contributed by atoms with Crippen molar-refractivity contribution in [3.63, 3.8) is 0 Å².